The van der Waals surface area contributed by atoms with Gasteiger partial charge in [0, 0.05) is 5.56 Å². The Morgan fingerprint density at radius 2 is 1.96 bits per heavy atom. The van der Waals surface area contributed by atoms with Crippen LogP contribution in [0.5, 0.6) is 5.75 Å². The van der Waals surface area contributed by atoms with Crippen LogP contribution in [0.2, 0.25) is 0 Å². The van der Waals surface area contributed by atoms with E-state index in [2.05, 4.69) is 15.5 Å². The number of hydrogen-bond acceptors (Lipinski definition) is 5. The SMILES string of the molecule is COc1ccc(-c2ccc3nnc([C@@H]4CCCCN4)n3n2)cc1. The van der Waals surface area contributed by atoms with Gasteiger partial charge in [-0.2, -0.15) is 9.61 Å². The second kappa shape index (κ2) is 5.96. The van der Waals surface area contributed by atoms with Crippen molar-refractivity contribution < 1.29 is 4.74 Å². The van der Waals surface area contributed by atoms with E-state index >= 15 is 0 Å². The van der Waals surface area contributed by atoms with Crippen molar-refractivity contribution in [1.29, 1.82) is 0 Å². The predicted octanol–water partition coefficient (Wildman–Crippen LogP) is 2.61. The molecule has 1 aliphatic rings. The molecule has 1 atom stereocenters. The van der Waals surface area contributed by atoms with Crippen LogP contribution in [0.4, 0.5) is 0 Å². The third-order valence-corrected chi connectivity index (χ3v) is 4.29. The molecule has 118 valence electrons. The van der Waals surface area contributed by atoms with Crippen molar-refractivity contribution in [3.8, 4) is 17.0 Å². The molecular formula is C17H19N5O. The third kappa shape index (κ3) is 2.66. The minimum absolute atomic E-state index is 0.234. The van der Waals surface area contributed by atoms with Gasteiger partial charge >= 0.3 is 0 Å². The van der Waals surface area contributed by atoms with Gasteiger partial charge in [0.25, 0.3) is 0 Å². The van der Waals surface area contributed by atoms with Crippen molar-refractivity contribution in [1.82, 2.24) is 25.1 Å². The molecule has 1 N–H and O–H groups in total. The molecule has 0 spiro atoms. The highest BCUT2D eigenvalue weighted by Gasteiger charge is 2.21. The van der Waals surface area contributed by atoms with Crippen molar-refractivity contribution >= 4 is 5.65 Å². The first-order valence-electron chi connectivity index (χ1n) is 7.95. The number of nitrogens with one attached hydrogen (secondary N) is 1. The normalized spacial score (nSPS) is 18.2. The number of nitrogens with zero attached hydrogens (tertiary/aromatic N) is 4. The zero-order valence-electron chi connectivity index (χ0n) is 13.1. The molecule has 1 saturated heterocycles. The molecule has 0 bridgehead atoms. The van der Waals surface area contributed by atoms with Crippen LogP contribution in [0.3, 0.4) is 0 Å². The van der Waals surface area contributed by atoms with Crippen LogP contribution in [0.1, 0.15) is 31.1 Å². The maximum absolute atomic E-state index is 5.21. The van der Waals surface area contributed by atoms with E-state index < -0.39 is 0 Å². The highest BCUT2D eigenvalue weighted by Crippen LogP contribution is 2.24. The smallest absolute Gasteiger partial charge is 0.178 e. The van der Waals surface area contributed by atoms with Crippen molar-refractivity contribution in [2.75, 3.05) is 13.7 Å². The van der Waals surface area contributed by atoms with Gasteiger partial charge in [-0.3, -0.25) is 0 Å². The molecule has 3 heterocycles. The van der Waals surface area contributed by atoms with E-state index in [4.69, 9.17) is 9.84 Å². The minimum atomic E-state index is 0.234. The van der Waals surface area contributed by atoms with Gasteiger partial charge in [-0.25, -0.2) is 0 Å². The fourth-order valence-electron chi connectivity index (χ4n) is 3.01. The van der Waals surface area contributed by atoms with E-state index in [0.717, 1.165) is 41.4 Å². The van der Waals surface area contributed by atoms with E-state index in [0.29, 0.717) is 0 Å². The van der Waals surface area contributed by atoms with Gasteiger partial charge in [-0.15, -0.1) is 10.2 Å². The Kier molecular flexibility index (Phi) is 3.67. The van der Waals surface area contributed by atoms with Gasteiger partial charge in [-0.05, 0) is 55.8 Å². The number of rotatable bonds is 3. The lowest BCUT2D eigenvalue weighted by atomic mass is 10.0. The molecule has 1 aromatic carbocycles. The number of aromatic nitrogens is 4. The average Bonchev–Trinajstić information content (AvgIpc) is 3.05. The zero-order chi connectivity index (χ0) is 15.6. The molecule has 1 fully saturated rings. The summed E-state index contributed by atoms with van der Waals surface area (Å²) in [6, 6.07) is 12.1. The summed E-state index contributed by atoms with van der Waals surface area (Å²) in [5.41, 5.74) is 2.73. The monoisotopic (exact) mass is 309 g/mol. The third-order valence-electron chi connectivity index (χ3n) is 4.29. The highest BCUT2D eigenvalue weighted by molar-refractivity contribution is 5.61. The standard InChI is InChI=1S/C17H19N5O/c1-23-13-7-5-12(6-8-13)14-9-10-16-19-20-17(22(16)21-14)15-4-2-3-11-18-15/h5-10,15,18H,2-4,11H2,1H3/t15-/m0/s1. The Morgan fingerprint density at radius 1 is 1.09 bits per heavy atom. The van der Waals surface area contributed by atoms with Crippen molar-refractivity contribution in [2.45, 2.75) is 25.3 Å². The minimum Gasteiger partial charge on any atom is -0.497 e. The molecule has 0 amide bonds. The van der Waals surface area contributed by atoms with E-state index in [1.807, 2.05) is 40.9 Å². The number of fused-ring (bicyclic) bond motifs is 1. The molecule has 4 rings (SSSR count). The van der Waals surface area contributed by atoms with Crippen molar-refractivity contribution in [3.05, 3.63) is 42.2 Å². The molecule has 23 heavy (non-hydrogen) atoms. The quantitative estimate of drug-likeness (QED) is 0.805. The van der Waals surface area contributed by atoms with Crippen LogP contribution in [0.15, 0.2) is 36.4 Å². The van der Waals surface area contributed by atoms with Gasteiger partial charge in [0.2, 0.25) is 0 Å². The molecule has 3 aromatic rings. The topological polar surface area (TPSA) is 64.3 Å². The highest BCUT2D eigenvalue weighted by atomic mass is 16.5. The van der Waals surface area contributed by atoms with Crippen LogP contribution in [-0.4, -0.2) is 33.5 Å². The number of piperidine rings is 1. The molecule has 0 saturated carbocycles. The van der Waals surface area contributed by atoms with Crippen LogP contribution < -0.4 is 10.1 Å². The Bertz CT molecular complexity index is 805. The molecule has 6 nitrogen and oxygen atoms in total. The maximum atomic E-state index is 5.21. The largest absolute Gasteiger partial charge is 0.497 e. The molecule has 0 radical (unpaired) electrons. The first kappa shape index (κ1) is 14.1. The fraction of sp³-hybridized carbons (Fsp3) is 0.353. The van der Waals surface area contributed by atoms with Crippen molar-refractivity contribution in [3.63, 3.8) is 0 Å². The fourth-order valence-corrected chi connectivity index (χ4v) is 3.01. The van der Waals surface area contributed by atoms with E-state index in [1.54, 1.807) is 7.11 Å². The Hall–Kier alpha value is -2.47. The molecule has 1 aliphatic heterocycles. The van der Waals surface area contributed by atoms with Crippen LogP contribution >= 0.6 is 0 Å². The average molecular weight is 309 g/mol. The lowest BCUT2D eigenvalue weighted by molar-refractivity contribution is 0.392. The summed E-state index contributed by atoms with van der Waals surface area (Å²) in [4.78, 5) is 0. The van der Waals surface area contributed by atoms with Crippen LogP contribution in [0, 0.1) is 0 Å². The summed E-state index contributed by atoms with van der Waals surface area (Å²) in [7, 11) is 1.67. The lowest BCUT2D eigenvalue weighted by Crippen LogP contribution is -2.28. The number of hydrogen-bond donors (Lipinski definition) is 1. The number of ether oxygens (including phenoxy) is 1. The van der Waals surface area contributed by atoms with Gasteiger partial charge in [0.15, 0.2) is 11.5 Å². The van der Waals surface area contributed by atoms with Gasteiger partial charge in [0.05, 0.1) is 18.8 Å². The van der Waals surface area contributed by atoms with Gasteiger partial charge in [0.1, 0.15) is 5.75 Å². The summed E-state index contributed by atoms with van der Waals surface area (Å²) in [5, 5.41) is 16.9. The number of benzene rings is 1. The molecule has 6 heteroatoms. The predicted molar refractivity (Wildman–Crippen MR) is 87.4 cm³/mol. The zero-order valence-corrected chi connectivity index (χ0v) is 13.1. The Labute approximate surface area is 134 Å². The van der Waals surface area contributed by atoms with Gasteiger partial charge < -0.3 is 10.1 Å². The van der Waals surface area contributed by atoms with Crippen LogP contribution in [0.25, 0.3) is 16.9 Å². The summed E-state index contributed by atoms with van der Waals surface area (Å²) < 4.78 is 7.07. The summed E-state index contributed by atoms with van der Waals surface area (Å²) >= 11 is 0. The summed E-state index contributed by atoms with van der Waals surface area (Å²) in [6.45, 7) is 1.03. The maximum Gasteiger partial charge on any atom is 0.178 e. The Balaban J connectivity index is 1.73. The van der Waals surface area contributed by atoms with E-state index in [9.17, 15) is 0 Å². The first-order valence-corrected chi connectivity index (χ1v) is 7.95. The molecule has 0 unspecified atom stereocenters. The second-order valence-electron chi connectivity index (χ2n) is 5.78. The molecule has 2 aromatic heterocycles. The molecule has 0 aliphatic carbocycles. The first-order chi connectivity index (χ1) is 11.3. The summed E-state index contributed by atoms with van der Waals surface area (Å²) in [5.74, 6) is 1.74. The number of methoxy groups -OCH3 is 1. The van der Waals surface area contributed by atoms with Gasteiger partial charge in [-0.1, -0.05) is 6.42 Å². The lowest BCUT2D eigenvalue weighted by Gasteiger charge is -2.21. The van der Waals surface area contributed by atoms with Crippen molar-refractivity contribution in [2.24, 2.45) is 0 Å². The Morgan fingerprint density at radius 3 is 2.70 bits per heavy atom. The van der Waals surface area contributed by atoms with E-state index in [1.165, 1.54) is 12.8 Å². The second-order valence-corrected chi connectivity index (χ2v) is 5.78. The van der Waals surface area contributed by atoms with E-state index in [-0.39, 0.29) is 6.04 Å². The van der Waals surface area contributed by atoms with Crippen LogP contribution in [-0.2, 0) is 0 Å². The molecular weight excluding hydrogens is 290 g/mol. The summed E-state index contributed by atoms with van der Waals surface area (Å²) in [6.07, 6.45) is 3.51.